The number of hydrogen-bond acceptors (Lipinski definition) is 4. The van der Waals surface area contributed by atoms with Crippen LogP contribution in [0.15, 0.2) is 52.0 Å². The maximum atomic E-state index is 12.4. The summed E-state index contributed by atoms with van der Waals surface area (Å²) >= 11 is 3.32. The lowest BCUT2D eigenvalue weighted by atomic mass is 10.2. The van der Waals surface area contributed by atoms with E-state index in [9.17, 15) is 8.42 Å². The van der Waals surface area contributed by atoms with E-state index in [2.05, 4.69) is 31.0 Å². The van der Waals surface area contributed by atoms with E-state index in [4.69, 9.17) is 0 Å². The molecule has 0 atom stereocenters. The van der Waals surface area contributed by atoms with E-state index < -0.39 is 10.0 Å². The van der Waals surface area contributed by atoms with Gasteiger partial charge in [-0.15, -0.1) is 0 Å². The molecule has 5 nitrogen and oxygen atoms in total. The molecule has 2 rings (SSSR count). The molecule has 2 aromatic rings. The van der Waals surface area contributed by atoms with Crippen LogP contribution in [0.5, 0.6) is 0 Å². The lowest BCUT2D eigenvalue weighted by Crippen LogP contribution is -2.15. The number of nitrogens with one attached hydrogen (secondary N) is 2. The molecule has 0 bridgehead atoms. The molecule has 1 heterocycles. The number of hydrogen-bond donors (Lipinski definition) is 2. The van der Waals surface area contributed by atoms with Crippen molar-refractivity contribution >= 4 is 31.8 Å². The Morgan fingerprint density at radius 3 is 2.67 bits per heavy atom. The first-order chi connectivity index (χ1) is 10.0. The Morgan fingerprint density at radius 1 is 1.24 bits per heavy atom. The van der Waals surface area contributed by atoms with Crippen molar-refractivity contribution in [2.75, 3.05) is 11.3 Å². The molecule has 0 amide bonds. The Balaban J connectivity index is 2.24. The van der Waals surface area contributed by atoms with Crippen molar-refractivity contribution in [3.63, 3.8) is 0 Å². The van der Waals surface area contributed by atoms with E-state index in [-0.39, 0.29) is 4.90 Å². The summed E-state index contributed by atoms with van der Waals surface area (Å²) in [6.07, 6.45) is 1.53. The second kappa shape index (κ2) is 7.02. The maximum Gasteiger partial charge on any atom is 0.264 e. The van der Waals surface area contributed by atoms with E-state index in [1.54, 1.807) is 36.4 Å². The van der Waals surface area contributed by atoms with Gasteiger partial charge in [-0.3, -0.25) is 4.72 Å². The van der Waals surface area contributed by atoms with E-state index in [1.807, 2.05) is 6.92 Å². The van der Waals surface area contributed by atoms with Crippen molar-refractivity contribution in [2.24, 2.45) is 0 Å². The normalized spacial score (nSPS) is 11.3. The largest absolute Gasteiger partial charge is 0.313 e. The standard InChI is InChI=1S/C14H16BrN3O2S/c1-2-16-10-11-6-7-13(12(15)9-11)21(19,20)18-14-5-3-4-8-17-14/h3-9,16H,2,10H2,1H3,(H,17,18). The van der Waals surface area contributed by atoms with Crippen LogP contribution >= 0.6 is 15.9 Å². The topological polar surface area (TPSA) is 71.1 Å². The minimum absolute atomic E-state index is 0.188. The maximum absolute atomic E-state index is 12.4. The number of halogens is 1. The second-order valence-electron chi connectivity index (χ2n) is 4.37. The number of nitrogens with zero attached hydrogens (tertiary/aromatic N) is 1. The second-order valence-corrected chi connectivity index (χ2v) is 6.87. The van der Waals surface area contributed by atoms with Crippen LogP contribution in [0.1, 0.15) is 12.5 Å². The summed E-state index contributed by atoms with van der Waals surface area (Å²) in [5.74, 6) is 0.293. The van der Waals surface area contributed by atoms with Crippen LogP contribution in [0.25, 0.3) is 0 Å². The Labute approximate surface area is 133 Å². The zero-order valence-corrected chi connectivity index (χ0v) is 13.9. The van der Waals surface area contributed by atoms with E-state index in [0.717, 1.165) is 12.1 Å². The average Bonchev–Trinajstić information content (AvgIpc) is 2.45. The van der Waals surface area contributed by atoms with Crippen LogP contribution in [0.2, 0.25) is 0 Å². The monoisotopic (exact) mass is 369 g/mol. The predicted molar refractivity (Wildman–Crippen MR) is 86.6 cm³/mol. The minimum atomic E-state index is -3.66. The molecule has 112 valence electrons. The summed E-state index contributed by atoms with van der Waals surface area (Å²) in [6, 6.07) is 10.2. The van der Waals surface area contributed by atoms with Crippen molar-refractivity contribution in [3.8, 4) is 0 Å². The van der Waals surface area contributed by atoms with Gasteiger partial charge in [-0.2, -0.15) is 0 Å². The summed E-state index contributed by atoms with van der Waals surface area (Å²) in [6.45, 7) is 3.58. The van der Waals surface area contributed by atoms with Crippen LogP contribution in [-0.2, 0) is 16.6 Å². The SMILES string of the molecule is CCNCc1ccc(S(=O)(=O)Nc2ccccn2)c(Br)c1. The Kier molecular flexibility index (Phi) is 5.33. The summed E-state index contributed by atoms with van der Waals surface area (Å²) in [7, 11) is -3.66. The third kappa shape index (κ3) is 4.26. The summed E-state index contributed by atoms with van der Waals surface area (Å²) in [5.41, 5.74) is 1.01. The number of aromatic nitrogens is 1. The van der Waals surface area contributed by atoms with Crippen LogP contribution < -0.4 is 10.0 Å². The molecule has 0 aliphatic rings. The number of rotatable bonds is 6. The van der Waals surface area contributed by atoms with E-state index in [0.29, 0.717) is 16.8 Å². The molecule has 7 heteroatoms. The van der Waals surface area contributed by atoms with Gasteiger partial charge in [-0.05, 0) is 52.3 Å². The highest BCUT2D eigenvalue weighted by molar-refractivity contribution is 9.10. The highest BCUT2D eigenvalue weighted by atomic mass is 79.9. The number of anilines is 1. The fourth-order valence-electron chi connectivity index (χ4n) is 1.76. The third-order valence-corrected chi connectivity index (χ3v) is 5.10. The lowest BCUT2D eigenvalue weighted by Gasteiger charge is -2.10. The van der Waals surface area contributed by atoms with Gasteiger partial charge in [0, 0.05) is 17.2 Å². The van der Waals surface area contributed by atoms with Crippen molar-refractivity contribution < 1.29 is 8.42 Å². The van der Waals surface area contributed by atoms with Gasteiger partial charge in [0.2, 0.25) is 0 Å². The first-order valence-corrected chi connectivity index (χ1v) is 8.73. The van der Waals surface area contributed by atoms with Crippen LogP contribution in [0.4, 0.5) is 5.82 Å². The predicted octanol–water partition coefficient (Wildman–Crippen LogP) is 2.75. The lowest BCUT2D eigenvalue weighted by molar-refractivity contribution is 0.600. The number of sulfonamides is 1. The van der Waals surface area contributed by atoms with Crippen molar-refractivity contribution in [2.45, 2.75) is 18.4 Å². The van der Waals surface area contributed by atoms with Gasteiger partial charge in [0.25, 0.3) is 10.0 Å². The molecule has 0 fully saturated rings. The first kappa shape index (κ1) is 15.9. The molecule has 0 saturated heterocycles. The molecule has 0 spiro atoms. The quantitative estimate of drug-likeness (QED) is 0.820. The first-order valence-electron chi connectivity index (χ1n) is 6.46. The molecular weight excluding hydrogens is 354 g/mol. The van der Waals surface area contributed by atoms with Gasteiger partial charge in [0.15, 0.2) is 0 Å². The fraction of sp³-hybridized carbons (Fsp3) is 0.214. The van der Waals surface area contributed by atoms with Gasteiger partial charge in [0.05, 0.1) is 0 Å². The molecule has 1 aromatic carbocycles. The Bertz CT molecular complexity index is 705. The molecule has 0 saturated carbocycles. The van der Waals surface area contributed by atoms with E-state index in [1.165, 1.54) is 6.20 Å². The molecule has 0 aliphatic carbocycles. The van der Waals surface area contributed by atoms with Gasteiger partial charge < -0.3 is 5.32 Å². The van der Waals surface area contributed by atoms with Gasteiger partial charge in [-0.1, -0.05) is 19.1 Å². The number of benzene rings is 1. The van der Waals surface area contributed by atoms with Gasteiger partial charge >= 0.3 is 0 Å². The third-order valence-electron chi connectivity index (χ3n) is 2.77. The number of pyridine rings is 1. The minimum Gasteiger partial charge on any atom is -0.313 e. The molecule has 0 unspecified atom stereocenters. The van der Waals surface area contributed by atoms with Crippen molar-refractivity contribution in [1.82, 2.24) is 10.3 Å². The van der Waals surface area contributed by atoms with Crippen molar-refractivity contribution in [1.29, 1.82) is 0 Å². The highest BCUT2D eigenvalue weighted by Gasteiger charge is 2.18. The van der Waals surface area contributed by atoms with E-state index >= 15 is 0 Å². The smallest absolute Gasteiger partial charge is 0.264 e. The van der Waals surface area contributed by atoms with Gasteiger partial charge in [0.1, 0.15) is 10.7 Å². The highest BCUT2D eigenvalue weighted by Crippen LogP contribution is 2.25. The Morgan fingerprint density at radius 2 is 2.05 bits per heavy atom. The summed E-state index contributed by atoms with van der Waals surface area (Å²) < 4.78 is 27.7. The molecule has 0 radical (unpaired) electrons. The molecule has 21 heavy (non-hydrogen) atoms. The summed E-state index contributed by atoms with van der Waals surface area (Å²) in [5, 5.41) is 3.19. The average molecular weight is 370 g/mol. The van der Waals surface area contributed by atoms with Crippen LogP contribution in [0, 0.1) is 0 Å². The molecular formula is C14H16BrN3O2S. The van der Waals surface area contributed by atoms with Crippen molar-refractivity contribution in [3.05, 3.63) is 52.6 Å². The molecule has 2 N–H and O–H groups in total. The molecule has 1 aromatic heterocycles. The zero-order chi connectivity index (χ0) is 15.3. The fourth-order valence-corrected chi connectivity index (χ4v) is 3.89. The Hall–Kier alpha value is -1.44. The zero-order valence-electron chi connectivity index (χ0n) is 11.5. The van der Waals surface area contributed by atoms with Crippen LogP contribution in [0.3, 0.4) is 0 Å². The van der Waals surface area contributed by atoms with Gasteiger partial charge in [-0.25, -0.2) is 13.4 Å². The molecule has 0 aliphatic heterocycles. The van der Waals surface area contributed by atoms with Crippen LogP contribution in [-0.4, -0.2) is 19.9 Å². The summed E-state index contributed by atoms with van der Waals surface area (Å²) in [4.78, 5) is 4.15.